The molecule has 2 aromatic rings. The zero-order valence-electron chi connectivity index (χ0n) is 14.7. The molecule has 1 atom stereocenters. The van der Waals surface area contributed by atoms with Crippen LogP contribution in [0.2, 0.25) is 0 Å². The van der Waals surface area contributed by atoms with Gasteiger partial charge >= 0.3 is 0 Å². The van der Waals surface area contributed by atoms with Crippen LogP contribution in [0.15, 0.2) is 36.5 Å². The van der Waals surface area contributed by atoms with Crippen LogP contribution >= 0.6 is 0 Å². The largest absolute Gasteiger partial charge is 0.338 e. The molecule has 0 N–H and O–H groups in total. The fourth-order valence-electron chi connectivity index (χ4n) is 3.82. The van der Waals surface area contributed by atoms with E-state index in [1.807, 2.05) is 41.4 Å². The average Bonchev–Trinajstić information content (AvgIpc) is 3.07. The monoisotopic (exact) mass is 336 g/mol. The first-order chi connectivity index (χ1) is 12.2. The van der Waals surface area contributed by atoms with Crippen molar-refractivity contribution in [3.8, 4) is 0 Å². The van der Waals surface area contributed by atoms with E-state index in [1.165, 1.54) is 6.42 Å². The zero-order chi connectivity index (χ0) is 17.2. The molecule has 0 bridgehead atoms. The van der Waals surface area contributed by atoms with E-state index in [4.69, 9.17) is 4.98 Å². The fraction of sp³-hybridized carbons (Fsp3) is 0.450. The van der Waals surface area contributed by atoms with E-state index in [1.54, 1.807) is 0 Å². The third-order valence-corrected chi connectivity index (χ3v) is 5.32. The number of benzene rings is 1. The average molecular weight is 336 g/mol. The SMILES string of the molecule is CN1CCC[C@H]1c1ncc2c(n1)CCN(C(=O)Cc1ccccc1)C2. The maximum absolute atomic E-state index is 12.6. The van der Waals surface area contributed by atoms with Gasteiger partial charge in [0, 0.05) is 31.3 Å². The number of likely N-dealkylation sites (tertiary alicyclic amines) is 1. The van der Waals surface area contributed by atoms with Crippen LogP contribution in [0.3, 0.4) is 0 Å². The quantitative estimate of drug-likeness (QED) is 0.863. The summed E-state index contributed by atoms with van der Waals surface area (Å²) < 4.78 is 0. The minimum atomic E-state index is 0.177. The molecular formula is C20H24N4O. The number of aromatic nitrogens is 2. The van der Waals surface area contributed by atoms with Gasteiger partial charge in [-0.15, -0.1) is 0 Å². The molecule has 5 nitrogen and oxygen atoms in total. The topological polar surface area (TPSA) is 49.3 Å². The van der Waals surface area contributed by atoms with Gasteiger partial charge in [0.15, 0.2) is 0 Å². The third-order valence-electron chi connectivity index (χ3n) is 5.32. The molecular weight excluding hydrogens is 312 g/mol. The number of rotatable bonds is 3. The van der Waals surface area contributed by atoms with Crippen LogP contribution in [-0.4, -0.2) is 45.8 Å². The first-order valence-corrected chi connectivity index (χ1v) is 9.07. The van der Waals surface area contributed by atoms with Crippen molar-refractivity contribution in [3.05, 3.63) is 59.2 Å². The molecule has 4 rings (SSSR count). The van der Waals surface area contributed by atoms with Crippen molar-refractivity contribution in [2.24, 2.45) is 0 Å². The van der Waals surface area contributed by atoms with Crippen LogP contribution < -0.4 is 0 Å². The number of nitrogens with zero attached hydrogens (tertiary/aromatic N) is 4. The van der Waals surface area contributed by atoms with Crippen LogP contribution in [0.5, 0.6) is 0 Å². The molecule has 0 spiro atoms. The summed E-state index contributed by atoms with van der Waals surface area (Å²) in [6.07, 6.45) is 5.57. The highest BCUT2D eigenvalue weighted by Gasteiger charge is 2.27. The lowest BCUT2D eigenvalue weighted by Gasteiger charge is -2.29. The van der Waals surface area contributed by atoms with Crippen LogP contribution in [0, 0.1) is 0 Å². The molecule has 2 aliphatic rings. The maximum atomic E-state index is 12.6. The normalized spacial score (nSPS) is 20.5. The van der Waals surface area contributed by atoms with Crippen molar-refractivity contribution in [2.45, 2.75) is 38.3 Å². The Hall–Kier alpha value is -2.27. The highest BCUT2D eigenvalue weighted by molar-refractivity contribution is 5.79. The van der Waals surface area contributed by atoms with E-state index < -0.39 is 0 Å². The van der Waals surface area contributed by atoms with Gasteiger partial charge in [-0.3, -0.25) is 9.69 Å². The van der Waals surface area contributed by atoms with Gasteiger partial charge < -0.3 is 4.90 Å². The lowest BCUT2D eigenvalue weighted by molar-refractivity contribution is -0.131. The lowest BCUT2D eigenvalue weighted by Crippen LogP contribution is -2.37. The van der Waals surface area contributed by atoms with Crippen molar-refractivity contribution < 1.29 is 4.79 Å². The second-order valence-electron chi connectivity index (χ2n) is 7.07. The Morgan fingerprint density at radius 3 is 2.84 bits per heavy atom. The van der Waals surface area contributed by atoms with Crippen molar-refractivity contribution >= 4 is 5.91 Å². The first-order valence-electron chi connectivity index (χ1n) is 9.07. The summed E-state index contributed by atoms with van der Waals surface area (Å²) in [5.74, 6) is 1.12. The van der Waals surface area contributed by atoms with Gasteiger partial charge in [-0.25, -0.2) is 9.97 Å². The van der Waals surface area contributed by atoms with Gasteiger partial charge in [-0.1, -0.05) is 30.3 Å². The van der Waals surface area contributed by atoms with E-state index in [-0.39, 0.29) is 5.91 Å². The molecule has 1 fully saturated rings. The lowest BCUT2D eigenvalue weighted by atomic mass is 10.0. The Kier molecular flexibility index (Phi) is 4.49. The first kappa shape index (κ1) is 16.2. The highest BCUT2D eigenvalue weighted by atomic mass is 16.2. The minimum Gasteiger partial charge on any atom is -0.338 e. The number of amides is 1. The van der Waals surface area contributed by atoms with Crippen LogP contribution in [0.25, 0.3) is 0 Å². The van der Waals surface area contributed by atoms with Crippen molar-refractivity contribution in [1.29, 1.82) is 0 Å². The zero-order valence-corrected chi connectivity index (χ0v) is 14.7. The van der Waals surface area contributed by atoms with Crippen molar-refractivity contribution in [1.82, 2.24) is 19.8 Å². The Morgan fingerprint density at radius 2 is 2.08 bits per heavy atom. The van der Waals surface area contributed by atoms with Crippen LogP contribution in [0.4, 0.5) is 0 Å². The summed E-state index contributed by atoms with van der Waals surface area (Å²) in [4.78, 5) is 26.3. The summed E-state index contributed by atoms with van der Waals surface area (Å²) in [7, 11) is 2.14. The highest BCUT2D eigenvalue weighted by Crippen LogP contribution is 2.29. The maximum Gasteiger partial charge on any atom is 0.227 e. The Balaban J connectivity index is 1.45. The number of carbonyl (C=O) groups excluding carboxylic acids is 1. The van der Waals surface area contributed by atoms with Crippen molar-refractivity contribution in [3.63, 3.8) is 0 Å². The predicted octanol–water partition coefficient (Wildman–Crippen LogP) is 2.37. The smallest absolute Gasteiger partial charge is 0.227 e. The van der Waals surface area contributed by atoms with Crippen LogP contribution in [-0.2, 0) is 24.2 Å². The van der Waals surface area contributed by atoms with E-state index in [0.717, 1.165) is 48.6 Å². The number of hydrogen-bond donors (Lipinski definition) is 0. The van der Waals surface area contributed by atoms with Gasteiger partial charge in [0.25, 0.3) is 0 Å². The molecule has 0 aliphatic carbocycles. The second kappa shape index (κ2) is 6.92. The molecule has 3 heterocycles. The summed E-state index contributed by atoms with van der Waals surface area (Å²) in [5.41, 5.74) is 3.28. The third kappa shape index (κ3) is 3.42. The summed E-state index contributed by atoms with van der Waals surface area (Å²) in [6, 6.07) is 10.3. The van der Waals surface area contributed by atoms with Gasteiger partial charge in [-0.2, -0.15) is 0 Å². The summed E-state index contributed by atoms with van der Waals surface area (Å²) in [6.45, 7) is 2.49. The standard InChI is InChI=1S/C20H24N4O/c1-23-10-5-8-18(23)20-21-13-16-14-24(11-9-17(16)22-20)19(25)12-15-6-3-2-4-7-15/h2-4,6-7,13,18H,5,8-12,14H2,1H3/t18-/m0/s1. The van der Waals surface area contributed by atoms with Gasteiger partial charge in [0.1, 0.15) is 5.82 Å². The summed E-state index contributed by atoms with van der Waals surface area (Å²) in [5, 5.41) is 0. The molecule has 2 aliphatic heterocycles. The molecule has 1 amide bonds. The molecule has 1 saturated heterocycles. The van der Waals surface area contributed by atoms with Crippen molar-refractivity contribution in [2.75, 3.05) is 20.1 Å². The van der Waals surface area contributed by atoms with E-state index in [0.29, 0.717) is 19.0 Å². The Morgan fingerprint density at radius 1 is 1.24 bits per heavy atom. The van der Waals surface area contributed by atoms with E-state index in [9.17, 15) is 4.79 Å². The van der Waals surface area contributed by atoms with Gasteiger partial charge in [0.2, 0.25) is 5.91 Å². The molecule has 130 valence electrons. The number of hydrogen-bond acceptors (Lipinski definition) is 4. The van der Waals surface area contributed by atoms with Crippen LogP contribution in [0.1, 0.15) is 41.5 Å². The Bertz CT molecular complexity index is 762. The number of carbonyl (C=O) groups is 1. The Labute approximate surface area is 148 Å². The van der Waals surface area contributed by atoms with Gasteiger partial charge in [0.05, 0.1) is 18.2 Å². The number of fused-ring (bicyclic) bond motifs is 1. The molecule has 25 heavy (non-hydrogen) atoms. The van der Waals surface area contributed by atoms with E-state index in [2.05, 4.69) is 16.9 Å². The molecule has 0 saturated carbocycles. The second-order valence-corrected chi connectivity index (χ2v) is 7.07. The predicted molar refractivity (Wildman–Crippen MR) is 95.9 cm³/mol. The molecule has 0 unspecified atom stereocenters. The fourth-order valence-corrected chi connectivity index (χ4v) is 3.82. The molecule has 5 heteroatoms. The summed E-state index contributed by atoms with van der Waals surface area (Å²) >= 11 is 0. The van der Waals surface area contributed by atoms with Gasteiger partial charge in [-0.05, 0) is 32.0 Å². The molecule has 1 aromatic carbocycles. The molecule has 1 aromatic heterocycles. The molecule has 0 radical (unpaired) electrons. The minimum absolute atomic E-state index is 0.177. The van der Waals surface area contributed by atoms with E-state index >= 15 is 0 Å².